The van der Waals surface area contributed by atoms with Crippen LogP contribution in [0.5, 0.6) is 0 Å². The van der Waals surface area contributed by atoms with Crippen LogP contribution in [-0.4, -0.2) is 178 Å². The highest BCUT2D eigenvalue weighted by molar-refractivity contribution is 4.93. The van der Waals surface area contributed by atoms with Crippen molar-refractivity contribution in [3.05, 3.63) is 0 Å². The monoisotopic (exact) mass is 631 g/mol. The lowest BCUT2D eigenvalue weighted by atomic mass is 9.98. The maximum Gasteiger partial charge on any atom is 0.186 e. The fourth-order valence-electron chi connectivity index (χ4n) is 4.82. The molecule has 3 rings (SSSR count). The van der Waals surface area contributed by atoms with Gasteiger partial charge in [-0.15, -0.1) is 0 Å². The van der Waals surface area contributed by atoms with Gasteiger partial charge in [-0.1, -0.05) is 0 Å². The summed E-state index contributed by atoms with van der Waals surface area (Å²) < 4.78 is 44.7. The molecule has 43 heavy (non-hydrogen) atoms. The van der Waals surface area contributed by atoms with Gasteiger partial charge in [0.1, 0.15) is 73.2 Å². The summed E-state index contributed by atoms with van der Waals surface area (Å²) >= 11 is 0. The second-order valence-electron chi connectivity index (χ2n) is 11.7. The van der Waals surface area contributed by atoms with Crippen molar-refractivity contribution in [1.29, 1.82) is 0 Å². The van der Waals surface area contributed by atoms with Crippen molar-refractivity contribution in [2.24, 2.45) is 5.73 Å². The fourth-order valence-corrected chi connectivity index (χ4v) is 4.82. The molecule has 3 saturated heterocycles. The topological polar surface area (TPSA) is 262 Å². The van der Waals surface area contributed by atoms with Gasteiger partial charge in [-0.2, -0.15) is 0 Å². The van der Waals surface area contributed by atoms with Gasteiger partial charge in [-0.3, -0.25) is 0 Å². The summed E-state index contributed by atoms with van der Waals surface area (Å²) in [5, 5.41) is 83.7. The summed E-state index contributed by atoms with van der Waals surface area (Å²) in [4.78, 5) is 0. The summed E-state index contributed by atoms with van der Waals surface area (Å²) in [6.07, 6.45) is -21.5. The number of hydrogen-bond donors (Lipinski definition) is 9. The first-order chi connectivity index (χ1) is 20.2. The molecular formula is C26H49NO16. The number of aliphatic hydroxyl groups excluding tert-OH is 8. The molecule has 0 radical (unpaired) electrons. The molecule has 15 unspecified atom stereocenters. The summed E-state index contributed by atoms with van der Waals surface area (Å²) in [7, 11) is 0. The zero-order valence-electron chi connectivity index (χ0n) is 24.8. The maximum atomic E-state index is 10.6. The first kappa shape index (κ1) is 36.8. The number of rotatable bonds is 13. The first-order valence-electron chi connectivity index (χ1n) is 14.4. The molecule has 3 aliphatic rings. The Kier molecular flexibility index (Phi) is 13.9. The van der Waals surface area contributed by atoms with Crippen molar-refractivity contribution < 1.29 is 78.7 Å². The van der Waals surface area contributed by atoms with Crippen LogP contribution in [0.4, 0.5) is 0 Å². The number of hydrogen-bond acceptors (Lipinski definition) is 17. The molecule has 15 atom stereocenters. The van der Waals surface area contributed by atoms with Gasteiger partial charge in [0.05, 0.1) is 32.0 Å². The highest BCUT2D eigenvalue weighted by Crippen LogP contribution is 2.29. The third-order valence-corrected chi connectivity index (χ3v) is 7.27. The Labute approximate surface area is 249 Å². The van der Waals surface area contributed by atoms with E-state index in [1.165, 1.54) is 0 Å². The smallest absolute Gasteiger partial charge is 0.186 e. The van der Waals surface area contributed by atoms with Crippen LogP contribution in [-0.2, 0) is 37.9 Å². The first-order valence-corrected chi connectivity index (χ1v) is 14.4. The van der Waals surface area contributed by atoms with Gasteiger partial charge in [0.2, 0.25) is 0 Å². The lowest BCUT2D eigenvalue weighted by Gasteiger charge is -2.44. The van der Waals surface area contributed by atoms with Gasteiger partial charge in [0.25, 0.3) is 0 Å². The van der Waals surface area contributed by atoms with Crippen molar-refractivity contribution in [3.63, 3.8) is 0 Å². The van der Waals surface area contributed by atoms with E-state index in [0.717, 1.165) is 0 Å². The molecule has 0 saturated carbocycles. The van der Waals surface area contributed by atoms with Gasteiger partial charge in [-0.25, -0.2) is 0 Å². The molecule has 254 valence electrons. The van der Waals surface area contributed by atoms with Crippen molar-refractivity contribution in [3.8, 4) is 0 Å². The highest BCUT2D eigenvalue weighted by Gasteiger charge is 2.50. The van der Waals surface area contributed by atoms with E-state index in [0.29, 0.717) is 0 Å². The number of nitrogens with two attached hydrogens (primary N) is 1. The molecule has 0 aliphatic carbocycles. The quantitative estimate of drug-likeness (QED) is 0.0924. The SMILES string of the molecule is CCOC1OC(COC2OC(COC3OC(COC(C)(C)C)C(O)C(O)C3O)C(O)C(O)C2O)C(O)C(O)C1OCCN. The Bertz CT molecular complexity index is 821. The zero-order chi connectivity index (χ0) is 32.1. The third-order valence-electron chi connectivity index (χ3n) is 7.27. The third kappa shape index (κ3) is 9.43. The molecule has 0 aromatic rings. The maximum absolute atomic E-state index is 10.6. The largest absolute Gasteiger partial charge is 0.387 e. The number of aliphatic hydroxyl groups is 8. The Hall–Kier alpha value is -0.680. The summed E-state index contributed by atoms with van der Waals surface area (Å²) in [6, 6.07) is 0. The average Bonchev–Trinajstić information content (AvgIpc) is 2.95. The van der Waals surface area contributed by atoms with Gasteiger partial charge in [0, 0.05) is 13.2 Å². The lowest BCUT2D eigenvalue weighted by molar-refractivity contribution is -0.344. The second kappa shape index (κ2) is 16.2. The molecule has 3 aliphatic heterocycles. The Morgan fingerprint density at radius 3 is 1.44 bits per heavy atom. The van der Waals surface area contributed by atoms with Crippen molar-refractivity contribution in [2.45, 2.75) is 125 Å². The summed E-state index contributed by atoms with van der Waals surface area (Å²) in [5.74, 6) is 0. The lowest BCUT2D eigenvalue weighted by Crippen LogP contribution is -2.63. The fraction of sp³-hybridized carbons (Fsp3) is 1.00. The molecule has 3 fully saturated rings. The van der Waals surface area contributed by atoms with Gasteiger partial charge >= 0.3 is 0 Å². The summed E-state index contributed by atoms with van der Waals surface area (Å²) in [5.41, 5.74) is 4.89. The van der Waals surface area contributed by atoms with Crippen LogP contribution in [0.25, 0.3) is 0 Å². The van der Waals surface area contributed by atoms with Crippen LogP contribution >= 0.6 is 0 Å². The number of ether oxygens (including phenoxy) is 8. The van der Waals surface area contributed by atoms with Crippen LogP contribution in [0.15, 0.2) is 0 Å². The van der Waals surface area contributed by atoms with E-state index in [9.17, 15) is 40.9 Å². The van der Waals surface area contributed by atoms with Gasteiger partial charge in [0.15, 0.2) is 18.9 Å². The molecule has 0 spiro atoms. The minimum absolute atomic E-state index is 0.0855. The molecule has 3 heterocycles. The van der Waals surface area contributed by atoms with Crippen LogP contribution in [0.1, 0.15) is 27.7 Å². The highest BCUT2D eigenvalue weighted by atomic mass is 16.7. The normalized spacial score (nSPS) is 44.4. The van der Waals surface area contributed by atoms with E-state index in [-0.39, 0.29) is 26.4 Å². The van der Waals surface area contributed by atoms with Gasteiger partial charge < -0.3 is 84.5 Å². The van der Waals surface area contributed by atoms with E-state index >= 15 is 0 Å². The molecule has 17 heteroatoms. The molecule has 0 amide bonds. The van der Waals surface area contributed by atoms with Crippen molar-refractivity contribution in [2.75, 3.05) is 39.6 Å². The second-order valence-corrected chi connectivity index (χ2v) is 11.7. The van der Waals surface area contributed by atoms with E-state index in [4.69, 9.17) is 43.6 Å². The van der Waals surface area contributed by atoms with Gasteiger partial charge in [-0.05, 0) is 27.7 Å². The Morgan fingerprint density at radius 2 is 1.00 bits per heavy atom. The molecule has 10 N–H and O–H groups in total. The van der Waals surface area contributed by atoms with E-state index < -0.39 is 111 Å². The Morgan fingerprint density at radius 1 is 0.558 bits per heavy atom. The van der Waals surface area contributed by atoms with Crippen LogP contribution in [0.2, 0.25) is 0 Å². The average molecular weight is 632 g/mol. The predicted molar refractivity (Wildman–Crippen MR) is 142 cm³/mol. The van der Waals surface area contributed by atoms with E-state index in [1.54, 1.807) is 27.7 Å². The molecule has 17 nitrogen and oxygen atoms in total. The van der Waals surface area contributed by atoms with Crippen LogP contribution in [0, 0.1) is 0 Å². The molecule has 0 aromatic carbocycles. The minimum atomic E-state index is -1.75. The molecular weight excluding hydrogens is 582 g/mol. The Balaban J connectivity index is 1.60. The van der Waals surface area contributed by atoms with Crippen LogP contribution < -0.4 is 5.73 Å². The molecule has 0 aromatic heterocycles. The van der Waals surface area contributed by atoms with Crippen LogP contribution in [0.3, 0.4) is 0 Å². The standard InChI is InChI=1S/C26H49NO16/c1-5-36-25-22(37-7-6-27)19(33)16(30)12(43-25)9-39-23-20(34)17(31)14(28)11(41-23)8-38-24-21(35)18(32)15(29)13(42-24)10-40-26(2,3)4/h11-25,28-35H,5-10,27H2,1-4H3. The minimum Gasteiger partial charge on any atom is -0.387 e. The summed E-state index contributed by atoms with van der Waals surface area (Å²) in [6.45, 7) is 6.47. The zero-order valence-corrected chi connectivity index (χ0v) is 24.8. The van der Waals surface area contributed by atoms with Crippen molar-refractivity contribution in [1.82, 2.24) is 0 Å². The molecule has 0 bridgehead atoms. The predicted octanol–water partition coefficient (Wildman–Crippen LogP) is -4.72. The van der Waals surface area contributed by atoms with E-state index in [2.05, 4.69) is 0 Å². The van der Waals surface area contributed by atoms with Crippen molar-refractivity contribution >= 4 is 0 Å². The van der Waals surface area contributed by atoms with E-state index in [1.807, 2.05) is 0 Å².